The summed E-state index contributed by atoms with van der Waals surface area (Å²) in [4.78, 5) is 0. The molecule has 2 aromatic rings. The SMILES string of the molecule is CCNC(Cc1cnn(C)c1)c1ccn(C)n1. The van der Waals surface area contributed by atoms with E-state index in [-0.39, 0.29) is 6.04 Å². The molecule has 0 aromatic carbocycles. The largest absolute Gasteiger partial charge is 0.309 e. The second-order valence-electron chi connectivity index (χ2n) is 4.25. The molecule has 1 atom stereocenters. The molecule has 0 saturated heterocycles. The zero-order valence-corrected chi connectivity index (χ0v) is 10.6. The van der Waals surface area contributed by atoms with E-state index >= 15 is 0 Å². The molecule has 0 saturated carbocycles. The zero-order valence-electron chi connectivity index (χ0n) is 10.6. The predicted molar refractivity (Wildman–Crippen MR) is 66.5 cm³/mol. The van der Waals surface area contributed by atoms with Crippen LogP contribution in [0.5, 0.6) is 0 Å². The van der Waals surface area contributed by atoms with E-state index in [0.717, 1.165) is 18.7 Å². The normalized spacial score (nSPS) is 12.9. The number of nitrogens with one attached hydrogen (secondary N) is 1. The fourth-order valence-electron chi connectivity index (χ4n) is 1.96. The first-order chi connectivity index (χ1) is 8.19. The van der Waals surface area contributed by atoms with Crippen LogP contribution in [0.25, 0.3) is 0 Å². The summed E-state index contributed by atoms with van der Waals surface area (Å²) in [6.45, 7) is 3.04. The molecule has 2 aromatic heterocycles. The van der Waals surface area contributed by atoms with Gasteiger partial charge in [-0.3, -0.25) is 9.36 Å². The predicted octanol–water partition coefficient (Wildman–Crippen LogP) is 1.05. The van der Waals surface area contributed by atoms with Gasteiger partial charge in [0.15, 0.2) is 0 Å². The lowest BCUT2D eigenvalue weighted by molar-refractivity contribution is 0.527. The van der Waals surface area contributed by atoms with E-state index in [0.29, 0.717) is 0 Å². The average molecular weight is 233 g/mol. The number of likely N-dealkylation sites (N-methyl/N-ethyl adjacent to an activating group) is 1. The van der Waals surface area contributed by atoms with Crippen LogP contribution < -0.4 is 5.32 Å². The minimum Gasteiger partial charge on any atom is -0.309 e. The molecule has 1 N–H and O–H groups in total. The molecule has 5 heteroatoms. The molecule has 1 unspecified atom stereocenters. The van der Waals surface area contributed by atoms with Crippen LogP contribution in [0.3, 0.4) is 0 Å². The summed E-state index contributed by atoms with van der Waals surface area (Å²) in [5, 5.41) is 12.1. The smallest absolute Gasteiger partial charge is 0.0797 e. The van der Waals surface area contributed by atoms with Crippen LogP contribution in [0, 0.1) is 0 Å². The fourth-order valence-corrected chi connectivity index (χ4v) is 1.96. The van der Waals surface area contributed by atoms with Gasteiger partial charge in [-0.1, -0.05) is 6.92 Å². The van der Waals surface area contributed by atoms with Crippen molar-refractivity contribution >= 4 is 0 Å². The summed E-state index contributed by atoms with van der Waals surface area (Å²) >= 11 is 0. The van der Waals surface area contributed by atoms with Crippen molar-refractivity contribution < 1.29 is 0 Å². The Hall–Kier alpha value is -1.62. The van der Waals surface area contributed by atoms with Crippen LogP contribution >= 0.6 is 0 Å². The monoisotopic (exact) mass is 233 g/mol. The molecule has 92 valence electrons. The molecule has 0 aliphatic heterocycles. The van der Waals surface area contributed by atoms with Crippen molar-refractivity contribution in [3.8, 4) is 0 Å². The third kappa shape index (κ3) is 2.94. The third-order valence-electron chi connectivity index (χ3n) is 2.74. The van der Waals surface area contributed by atoms with Crippen LogP contribution in [0.4, 0.5) is 0 Å². The Kier molecular flexibility index (Phi) is 3.58. The summed E-state index contributed by atoms with van der Waals surface area (Å²) in [7, 11) is 3.88. The number of aryl methyl sites for hydroxylation is 2. The average Bonchev–Trinajstić information content (AvgIpc) is 2.87. The number of rotatable bonds is 5. The summed E-state index contributed by atoms with van der Waals surface area (Å²) in [5.74, 6) is 0. The molecule has 5 nitrogen and oxygen atoms in total. The van der Waals surface area contributed by atoms with Gasteiger partial charge in [0.2, 0.25) is 0 Å². The maximum absolute atomic E-state index is 4.46. The van der Waals surface area contributed by atoms with E-state index in [1.54, 1.807) is 0 Å². The van der Waals surface area contributed by atoms with Gasteiger partial charge >= 0.3 is 0 Å². The lowest BCUT2D eigenvalue weighted by Gasteiger charge is -2.14. The first-order valence-electron chi connectivity index (χ1n) is 5.89. The van der Waals surface area contributed by atoms with Crippen molar-refractivity contribution in [3.05, 3.63) is 35.9 Å². The lowest BCUT2D eigenvalue weighted by Crippen LogP contribution is -2.23. The minimum atomic E-state index is 0.255. The van der Waals surface area contributed by atoms with Crippen molar-refractivity contribution in [2.24, 2.45) is 14.1 Å². The molecule has 0 radical (unpaired) electrons. The van der Waals surface area contributed by atoms with Crippen LogP contribution in [0.1, 0.15) is 24.2 Å². The van der Waals surface area contributed by atoms with E-state index < -0.39 is 0 Å². The van der Waals surface area contributed by atoms with Crippen LogP contribution in [-0.4, -0.2) is 26.1 Å². The van der Waals surface area contributed by atoms with E-state index in [1.165, 1.54) is 5.56 Å². The molecule has 0 bridgehead atoms. The molecule has 0 aliphatic rings. The molecular weight excluding hydrogens is 214 g/mol. The van der Waals surface area contributed by atoms with Crippen molar-refractivity contribution in [2.45, 2.75) is 19.4 Å². The maximum atomic E-state index is 4.46. The Morgan fingerprint density at radius 2 is 2.18 bits per heavy atom. The Bertz CT molecular complexity index is 471. The highest BCUT2D eigenvalue weighted by molar-refractivity contribution is 5.13. The van der Waals surface area contributed by atoms with Crippen molar-refractivity contribution in [1.29, 1.82) is 0 Å². The third-order valence-corrected chi connectivity index (χ3v) is 2.74. The first kappa shape index (κ1) is 11.9. The maximum Gasteiger partial charge on any atom is 0.0797 e. The molecular formula is C12H19N5. The standard InChI is InChI=1S/C12H19N5/c1-4-13-12(11-5-6-16(2)15-11)7-10-8-14-17(3)9-10/h5-6,8-9,12-13H,4,7H2,1-3H3. The zero-order chi connectivity index (χ0) is 12.3. The van der Waals surface area contributed by atoms with Crippen molar-refractivity contribution in [2.75, 3.05) is 6.54 Å². The van der Waals surface area contributed by atoms with Gasteiger partial charge in [-0.25, -0.2) is 0 Å². The van der Waals surface area contributed by atoms with Gasteiger partial charge in [0.05, 0.1) is 17.9 Å². The topological polar surface area (TPSA) is 47.7 Å². The van der Waals surface area contributed by atoms with E-state index in [4.69, 9.17) is 0 Å². The van der Waals surface area contributed by atoms with E-state index in [9.17, 15) is 0 Å². The first-order valence-corrected chi connectivity index (χ1v) is 5.89. The Morgan fingerprint density at radius 1 is 1.35 bits per heavy atom. The Morgan fingerprint density at radius 3 is 2.71 bits per heavy atom. The molecule has 0 spiro atoms. The van der Waals surface area contributed by atoms with E-state index in [1.807, 2.05) is 42.0 Å². The number of hydrogen-bond donors (Lipinski definition) is 1. The highest BCUT2D eigenvalue weighted by Gasteiger charge is 2.14. The molecule has 2 rings (SSSR count). The lowest BCUT2D eigenvalue weighted by atomic mass is 10.1. The second-order valence-corrected chi connectivity index (χ2v) is 4.25. The van der Waals surface area contributed by atoms with Gasteiger partial charge in [-0.2, -0.15) is 10.2 Å². The Labute approximate surface area is 101 Å². The molecule has 17 heavy (non-hydrogen) atoms. The molecule has 2 heterocycles. The van der Waals surface area contributed by atoms with E-state index in [2.05, 4.69) is 28.5 Å². The van der Waals surface area contributed by atoms with Gasteiger partial charge in [-0.15, -0.1) is 0 Å². The fraction of sp³-hybridized carbons (Fsp3) is 0.500. The summed E-state index contributed by atoms with van der Waals surface area (Å²) in [6.07, 6.45) is 6.85. The van der Waals surface area contributed by atoms with Gasteiger partial charge in [0.25, 0.3) is 0 Å². The molecule has 0 aliphatic carbocycles. The van der Waals surface area contributed by atoms with Gasteiger partial charge in [0.1, 0.15) is 0 Å². The number of hydrogen-bond acceptors (Lipinski definition) is 3. The van der Waals surface area contributed by atoms with Crippen molar-refractivity contribution in [1.82, 2.24) is 24.9 Å². The highest BCUT2D eigenvalue weighted by atomic mass is 15.3. The van der Waals surface area contributed by atoms with Crippen LogP contribution in [0.15, 0.2) is 24.7 Å². The van der Waals surface area contributed by atoms with Gasteiger partial charge in [-0.05, 0) is 24.6 Å². The van der Waals surface area contributed by atoms with Crippen LogP contribution in [0.2, 0.25) is 0 Å². The van der Waals surface area contributed by atoms with Gasteiger partial charge in [0, 0.05) is 26.5 Å². The number of nitrogens with zero attached hydrogens (tertiary/aromatic N) is 4. The highest BCUT2D eigenvalue weighted by Crippen LogP contribution is 2.16. The van der Waals surface area contributed by atoms with Crippen LogP contribution in [-0.2, 0) is 20.5 Å². The Balaban J connectivity index is 2.12. The number of aromatic nitrogens is 4. The summed E-state index contributed by atoms with van der Waals surface area (Å²) in [5.41, 5.74) is 2.31. The molecule has 0 fully saturated rings. The molecule has 0 amide bonds. The van der Waals surface area contributed by atoms with Crippen molar-refractivity contribution in [3.63, 3.8) is 0 Å². The van der Waals surface area contributed by atoms with Gasteiger partial charge < -0.3 is 5.32 Å². The summed E-state index contributed by atoms with van der Waals surface area (Å²) in [6, 6.07) is 2.31. The minimum absolute atomic E-state index is 0.255. The second kappa shape index (κ2) is 5.14. The summed E-state index contributed by atoms with van der Waals surface area (Å²) < 4.78 is 3.67. The quantitative estimate of drug-likeness (QED) is 0.839.